The molecule has 0 aliphatic heterocycles. The number of rotatable bonds is 11. The van der Waals surface area contributed by atoms with Crippen LogP contribution in [0.5, 0.6) is 5.88 Å². The average molecular weight is 351 g/mol. The highest BCUT2D eigenvalue weighted by Crippen LogP contribution is 2.27. The van der Waals surface area contributed by atoms with E-state index < -0.39 is 0 Å². The van der Waals surface area contributed by atoms with Crippen LogP contribution in [0.3, 0.4) is 0 Å². The summed E-state index contributed by atoms with van der Waals surface area (Å²) in [6, 6.07) is 0. The summed E-state index contributed by atoms with van der Waals surface area (Å²) in [6.07, 6.45) is 1.36. The highest BCUT2D eigenvalue weighted by atomic mass is 79.9. The number of nitrogen functional groups attached to an aromatic ring is 1. The number of methoxy groups -OCH3 is 1. The number of hydrogen-bond acceptors (Lipinski definition) is 8. The van der Waals surface area contributed by atoms with Crippen LogP contribution in [0.1, 0.15) is 0 Å². The summed E-state index contributed by atoms with van der Waals surface area (Å²) in [5.41, 5.74) is 2.43. The van der Waals surface area contributed by atoms with E-state index in [0.717, 1.165) is 0 Å². The Morgan fingerprint density at radius 3 is 2.40 bits per heavy atom. The number of hydrogen-bond donors (Lipinski definition) is 2. The van der Waals surface area contributed by atoms with Crippen LogP contribution in [0.4, 0.5) is 5.82 Å². The third-order valence-electron chi connectivity index (χ3n) is 2.16. The number of nitrogens with two attached hydrogens (primary N) is 1. The zero-order valence-electron chi connectivity index (χ0n) is 11.3. The lowest BCUT2D eigenvalue weighted by Crippen LogP contribution is -2.14. The summed E-state index contributed by atoms with van der Waals surface area (Å²) in [5, 5.41) is 0. The molecular formula is C11H19BrN4O4. The fourth-order valence-corrected chi connectivity index (χ4v) is 1.65. The molecule has 0 bridgehead atoms. The van der Waals surface area contributed by atoms with Crippen LogP contribution in [-0.2, 0) is 14.2 Å². The highest BCUT2D eigenvalue weighted by molar-refractivity contribution is 9.10. The van der Waals surface area contributed by atoms with Crippen LogP contribution < -0.4 is 16.0 Å². The standard InChI is InChI=1S/C11H19BrN4O4/c1-17-2-3-18-4-5-19-6-7-20-11-9(12)10(16-13)14-8-15-11/h8H,2-7,13H2,1H3,(H,14,15,16). The number of nitrogens with zero attached hydrogens (tertiary/aromatic N) is 2. The maximum Gasteiger partial charge on any atom is 0.233 e. The van der Waals surface area contributed by atoms with Gasteiger partial charge in [-0.25, -0.2) is 15.8 Å². The number of hydrazine groups is 1. The quantitative estimate of drug-likeness (QED) is 0.339. The summed E-state index contributed by atoms with van der Waals surface area (Å²) in [5.74, 6) is 6.16. The van der Waals surface area contributed by atoms with Crippen LogP contribution in [0.2, 0.25) is 0 Å². The van der Waals surface area contributed by atoms with Gasteiger partial charge in [0.05, 0.1) is 33.0 Å². The van der Waals surface area contributed by atoms with Crippen molar-refractivity contribution in [2.45, 2.75) is 0 Å². The van der Waals surface area contributed by atoms with Gasteiger partial charge < -0.3 is 24.4 Å². The van der Waals surface area contributed by atoms with Crippen LogP contribution >= 0.6 is 15.9 Å². The zero-order chi connectivity index (χ0) is 14.6. The number of ether oxygens (including phenoxy) is 4. The van der Waals surface area contributed by atoms with Gasteiger partial charge in [0.25, 0.3) is 0 Å². The Kier molecular flexibility index (Phi) is 9.16. The van der Waals surface area contributed by atoms with Gasteiger partial charge in [-0.15, -0.1) is 0 Å². The van der Waals surface area contributed by atoms with Crippen molar-refractivity contribution in [1.82, 2.24) is 9.97 Å². The van der Waals surface area contributed by atoms with Crippen molar-refractivity contribution in [1.29, 1.82) is 0 Å². The normalized spacial score (nSPS) is 10.6. The maximum atomic E-state index is 5.45. The maximum absolute atomic E-state index is 5.45. The van der Waals surface area contributed by atoms with Crippen LogP contribution in [0.15, 0.2) is 10.8 Å². The molecule has 0 aromatic carbocycles. The van der Waals surface area contributed by atoms with Crippen LogP contribution in [0.25, 0.3) is 0 Å². The fraction of sp³-hybridized carbons (Fsp3) is 0.636. The first-order valence-corrected chi connectivity index (χ1v) is 6.83. The lowest BCUT2D eigenvalue weighted by atomic mass is 10.5. The van der Waals surface area contributed by atoms with Gasteiger partial charge in [-0.3, -0.25) is 0 Å². The molecule has 0 aliphatic carbocycles. The minimum Gasteiger partial charge on any atom is -0.474 e. The predicted octanol–water partition coefficient (Wildman–Crippen LogP) is 0.583. The molecule has 1 heterocycles. The van der Waals surface area contributed by atoms with Gasteiger partial charge in [0.2, 0.25) is 5.88 Å². The number of aromatic nitrogens is 2. The minimum absolute atomic E-state index is 0.373. The topological polar surface area (TPSA) is 101 Å². The Labute approximate surface area is 126 Å². The first kappa shape index (κ1) is 17.1. The third kappa shape index (κ3) is 6.44. The summed E-state index contributed by atoms with van der Waals surface area (Å²) in [4.78, 5) is 7.90. The Morgan fingerprint density at radius 2 is 1.75 bits per heavy atom. The van der Waals surface area contributed by atoms with E-state index in [2.05, 4.69) is 31.3 Å². The zero-order valence-corrected chi connectivity index (χ0v) is 12.9. The van der Waals surface area contributed by atoms with Crippen LogP contribution in [0, 0.1) is 0 Å². The van der Waals surface area contributed by atoms with Crippen molar-refractivity contribution in [2.24, 2.45) is 5.84 Å². The van der Waals surface area contributed by atoms with Crippen molar-refractivity contribution >= 4 is 21.7 Å². The summed E-state index contributed by atoms with van der Waals surface area (Å²) in [7, 11) is 1.63. The molecule has 1 rings (SSSR count). The average Bonchev–Trinajstić information content (AvgIpc) is 2.47. The molecule has 0 unspecified atom stereocenters. The van der Waals surface area contributed by atoms with Gasteiger partial charge in [0.15, 0.2) is 5.82 Å². The summed E-state index contributed by atoms with van der Waals surface area (Å²) >= 11 is 3.29. The largest absolute Gasteiger partial charge is 0.474 e. The lowest BCUT2D eigenvalue weighted by molar-refractivity contribution is 0.0176. The Morgan fingerprint density at radius 1 is 1.10 bits per heavy atom. The summed E-state index contributed by atoms with van der Waals surface area (Å²) in [6.45, 7) is 3.00. The first-order valence-electron chi connectivity index (χ1n) is 6.04. The van der Waals surface area contributed by atoms with E-state index >= 15 is 0 Å². The van der Waals surface area contributed by atoms with E-state index in [1.54, 1.807) is 7.11 Å². The molecule has 0 amide bonds. The molecule has 0 fully saturated rings. The minimum atomic E-state index is 0.373. The van der Waals surface area contributed by atoms with Gasteiger partial charge >= 0.3 is 0 Å². The second-order valence-corrected chi connectivity index (χ2v) is 4.34. The molecule has 114 valence electrons. The monoisotopic (exact) mass is 350 g/mol. The number of nitrogens with one attached hydrogen (secondary N) is 1. The van der Waals surface area contributed by atoms with Crippen molar-refractivity contribution in [2.75, 3.05) is 52.2 Å². The van der Waals surface area contributed by atoms with Gasteiger partial charge in [0, 0.05) is 7.11 Å². The van der Waals surface area contributed by atoms with Gasteiger partial charge in [0.1, 0.15) is 17.4 Å². The van der Waals surface area contributed by atoms with Crippen molar-refractivity contribution in [3.63, 3.8) is 0 Å². The van der Waals surface area contributed by atoms with E-state index in [1.165, 1.54) is 6.33 Å². The van der Waals surface area contributed by atoms with Crippen LogP contribution in [-0.4, -0.2) is 56.7 Å². The van der Waals surface area contributed by atoms with E-state index in [0.29, 0.717) is 55.8 Å². The van der Waals surface area contributed by atoms with Gasteiger partial charge in [-0.1, -0.05) is 0 Å². The molecule has 9 heteroatoms. The molecule has 0 spiro atoms. The Bertz CT molecular complexity index is 383. The fourth-order valence-electron chi connectivity index (χ4n) is 1.22. The van der Waals surface area contributed by atoms with Crippen molar-refractivity contribution in [3.8, 4) is 5.88 Å². The first-order chi connectivity index (χ1) is 9.79. The Balaban J connectivity index is 2.09. The molecule has 0 saturated heterocycles. The molecule has 20 heavy (non-hydrogen) atoms. The number of anilines is 1. The third-order valence-corrected chi connectivity index (χ3v) is 2.88. The van der Waals surface area contributed by atoms with E-state index in [4.69, 9.17) is 24.8 Å². The second-order valence-electron chi connectivity index (χ2n) is 3.55. The molecular weight excluding hydrogens is 332 g/mol. The molecule has 0 atom stereocenters. The SMILES string of the molecule is COCCOCCOCCOc1ncnc(NN)c1Br. The predicted molar refractivity (Wildman–Crippen MR) is 76.6 cm³/mol. The molecule has 1 aromatic heterocycles. The second kappa shape index (κ2) is 10.7. The van der Waals surface area contributed by atoms with E-state index in [-0.39, 0.29) is 0 Å². The smallest absolute Gasteiger partial charge is 0.233 e. The molecule has 8 nitrogen and oxygen atoms in total. The molecule has 1 aromatic rings. The Hall–Kier alpha value is -1.00. The van der Waals surface area contributed by atoms with E-state index in [1.807, 2.05) is 0 Å². The molecule has 3 N–H and O–H groups in total. The summed E-state index contributed by atoms with van der Waals surface area (Å²) < 4.78 is 21.5. The molecule has 0 saturated carbocycles. The highest BCUT2D eigenvalue weighted by Gasteiger charge is 2.08. The number of halogens is 1. The lowest BCUT2D eigenvalue weighted by Gasteiger charge is -2.09. The van der Waals surface area contributed by atoms with Gasteiger partial charge in [-0.05, 0) is 15.9 Å². The van der Waals surface area contributed by atoms with Crippen molar-refractivity contribution < 1.29 is 18.9 Å². The molecule has 0 aliphatic rings. The van der Waals surface area contributed by atoms with E-state index in [9.17, 15) is 0 Å². The molecule has 0 radical (unpaired) electrons. The van der Waals surface area contributed by atoms with Gasteiger partial charge in [-0.2, -0.15) is 0 Å². The van der Waals surface area contributed by atoms with Crippen molar-refractivity contribution in [3.05, 3.63) is 10.8 Å².